The maximum absolute atomic E-state index is 15.5. The largest absolute Gasteiger partial charge is 0.486 e. The third-order valence-corrected chi connectivity index (χ3v) is 5.55. The Bertz CT molecular complexity index is 1040. The van der Waals surface area contributed by atoms with Gasteiger partial charge in [-0.15, -0.1) is 0 Å². The first-order valence-electron chi connectivity index (χ1n) is 10.1. The summed E-state index contributed by atoms with van der Waals surface area (Å²) in [6.07, 6.45) is 0.868. The van der Waals surface area contributed by atoms with Crippen molar-refractivity contribution in [2.75, 3.05) is 6.61 Å². The molecule has 2 atom stereocenters. The number of amides is 1. The topological polar surface area (TPSA) is 98.5 Å². The summed E-state index contributed by atoms with van der Waals surface area (Å²) in [6, 6.07) is 7.01. The van der Waals surface area contributed by atoms with Crippen LogP contribution in [-0.2, 0) is 16.0 Å². The number of hydrogen-bond acceptors (Lipinski definition) is 5. The maximum Gasteiger partial charge on any atom is 0.218 e. The van der Waals surface area contributed by atoms with Gasteiger partial charge in [0.25, 0.3) is 0 Å². The van der Waals surface area contributed by atoms with Crippen LogP contribution in [0.1, 0.15) is 59.8 Å². The van der Waals surface area contributed by atoms with Crippen LogP contribution in [0.25, 0.3) is 0 Å². The molecule has 0 spiro atoms. The quantitative estimate of drug-likeness (QED) is 0.604. The van der Waals surface area contributed by atoms with E-state index < -0.39 is 23.5 Å². The molecule has 0 unspecified atom stereocenters. The molecule has 164 valence electrons. The van der Waals surface area contributed by atoms with E-state index in [2.05, 4.69) is 5.32 Å². The number of Topliss-reactive ketones (excluding diaryl/α,β-unsaturated/α-hetero) is 1. The van der Waals surface area contributed by atoms with Gasteiger partial charge in [0.15, 0.2) is 11.6 Å². The maximum atomic E-state index is 15.5. The molecule has 3 N–H and O–H groups in total. The number of ether oxygens (including phenoxy) is 1. The predicted octanol–water partition coefficient (Wildman–Crippen LogP) is 3.52. The zero-order valence-corrected chi connectivity index (χ0v) is 18.1. The molecule has 2 aromatic rings. The number of carbonyl (C=O) groups excluding carboxylic acids is 3. The second-order valence-corrected chi connectivity index (χ2v) is 8.09. The molecule has 1 amide bonds. The van der Waals surface area contributed by atoms with E-state index in [1.165, 1.54) is 24.3 Å². The van der Waals surface area contributed by atoms with Crippen molar-refractivity contribution in [1.29, 1.82) is 0 Å². The van der Waals surface area contributed by atoms with Crippen LogP contribution in [0.4, 0.5) is 4.39 Å². The lowest BCUT2D eigenvalue weighted by Gasteiger charge is -2.23. The number of fused-ring (bicyclic) bond motifs is 1. The van der Waals surface area contributed by atoms with E-state index in [1.807, 2.05) is 6.92 Å². The summed E-state index contributed by atoms with van der Waals surface area (Å²) in [5.41, 5.74) is 6.20. The fourth-order valence-electron chi connectivity index (χ4n) is 3.72. The summed E-state index contributed by atoms with van der Waals surface area (Å²) < 4.78 is 20.9. The Labute approximate surface area is 184 Å². The number of primary amides is 1. The molecule has 1 aliphatic rings. The Hall–Kier alpha value is -2.77. The normalized spacial score (nSPS) is 15.0. The van der Waals surface area contributed by atoms with Crippen molar-refractivity contribution in [3.8, 4) is 5.75 Å². The summed E-state index contributed by atoms with van der Waals surface area (Å²) in [6.45, 7) is 3.60. The molecule has 3 rings (SSSR count). The van der Waals surface area contributed by atoms with Crippen LogP contribution < -0.4 is 15.8 Å². The standard InChI is InChI=1S/C23H24ClFN2O4/c1-3-18(27-12(2)8-20(26)29)16-6-7-17(24)21(22(16)25)23(30)14-5-4-13-9-15(28)11-31-19(13)10-14/h4-7,10,12,18,27H,3,8-9,11H2,1-2H3,(H2,26,29)/t12-,18+/m0/s1. The average molecular weight is 447 g/mol. The summed E-state index contributed by atoms with van der Waals surface area (Å²) in [4.78, 5) is 35.8. The van der Waals surface area contributed by atoms with Gasteiger partial charge >= 0.3 is 0 Å². The first-order valence-corrected chi connectivity index (χ1v) is 10.4. The highest BCUT2D eigenvalue weighted by atomic mass is 35.5. The molecule has 0 saturated carbocycles. The van der Waals surface area contributed by atoms with Crippen molar-refractivity contribution in [1.82, 2.24) is 5.32 Å². The Morgan fingerprint density at radius 1 is 1.29 bits per heavy atom. The molecule has 2 aromatic carbocycles. The van der Waals surface area contributed by atoms with E-state index in [1.54, 1.807) is 13.0 Å². The lowest BCUT2D eigenvalue weighted by atomic mass is 9.94. The van der Waals surface area contributed by atoms with E-state index in [0.29, 0.717) is 17.7 Å². The lowest BCUT2D eigenvalue weighted by Crippen LogP contribution is -2.34. The third-order valence-electron chi connectivity index (χ3n) is 5.23. The molecule has 0 saturated heterocycles. The van der Waals surface area contributed by atoms with E-state index >= 15 is 4.39 Å². The van der Waals surface area contributed by atoms with Crippen molar-refractivity contribution in [3.05, 3.63) is 63.4 Å². The number of halogens is 2. The van der Waals surface area contributed by atoms with Crippen LogP contribution in [0.3, 0.4) is 0 Å². The van der Waals surface area contributed by atoms with Gasteiger partial charge in [-0.1, -0.05) is 36.7 Å². The number of rotatable bonds is 8. The van der Waals surface area contributed by atoms with Gasteiger partial charge < -0.3 is 15.8 Å². The number of nitrogens with one attached hydrogen (secondary N) is 1. The monoisotopic (exact) mass is 446 g/mol. The number of carbonyl (C=O) groups is 3. The predicted molar refractivity (Wildman–Crippen MR) is 115 cm³/mol. The summed E-state index contributed by atoms with van der Waals surface area (Å²) in [7, 11) is 0. The minimum Gasteiger partial charge on any atom is -0.486 e. The smallest absolute Gasteiger partial charge is 0.218 e. The number of benzene rings is 2. The SMILES string of the molecule is CC[C@@H](N[C@@H](C)CC(N)=O)c1ccc(Cl)c(C(=O)c2ccc3c(c2)OCC(=O)C3)c1F. The Kier molecular flexibility index (Phi) is 7.08. The van der Waals surface area contributed by atoms with Gasteiger partial charge in [-0.25, -0.2) is 4.39 Å². The zero-order valence-electron chi connectivity index (χ0n) is 17.3. The van der Waals surface area contributed by atoms with Gasteiger partial charge in [0, 0.05) is 41.6 Å². The summed E-state index contributed by atoms with van der Waals surface area (Å²) >= 11 is 6.21. The highest BCUT2D eigenvalue weighted by Crippen LogP contribution is 2.32. The molecule has 31 heavy (non-hydrogen) atoms. The van der Waals surface area contributed by atoms with E-state index in [-0.39, 0.29) is 53.0 Å². The molecular formula is C23H24ClFN2O4. The molecule has 1 aliphatic heterocycles. The van der Waals surface area contributed by atoms with Gasteiger partial charge in [0.1, 0.15) is 18.2 Å². The van der Waals surface area contributed by atoms with E-state index in [9.17, 15) is 14.4 Å². The fraction of sp³-hybridized carbons (Fsp3) is 0.348. The van der Waals surface area contributed by atoms with Crippen LogP contribution in [0.5, 0.6) is 5.75 Å². The Morgan fingerprint density at radius 3 is 2.71 bits per heavy atom. The second-order valence-electron chi connectivity index (χ2n) is 7.68. The van der Waals surface area contributed by atoms with Crippen LogP contribution in [0.2, 0.25) is 5.02 Å². The molecule has 1 heterocycles. The van der Waals surface area contributed by atoms with Crippen molar-refractivity contribution in [2.45, 2.75) is 45.2 Å². The van der Waals surface area contributed by atoms with Gasteiger partial charge in [0.05, 0.1) is 10.6 Å². The van der Waals surface area contributed by atoms with Crippen LogP contribution >= 0.6 is 11.6 Å². The number of nitrogens with two attached hydrogens (primary N) is 1. The molecule has 0 aromatic heterocycles. The molecular weight excluding hydrogens is 423 g/mol. The van der Waals surface area contributed by atoms with E-state index in [0.717, 1.165) is 0 Å². The third kappa shape index (κ3) is 5.11. The average Bonchev–Trinajstić information content (AvgIpc) is 2.71. The van der Waals surface area contributed by atoms with Gasteiger partial charge in [-0.3, -0.25) is 14.4 Å². The van der Waals surface area contributed by atoms with Gasteiger partial charge in [-0.2, -0.15) is 0 Å². The molecule has 0 bridgehead atoms. The van der Waals surface area contributed by atoms with Crippen LogP contribution in [0.15, 0.2) is 30.3 Å². The Morgan fingerprint density at radius 2 is 2.03 bits per heavy atom. The lowest BCUT2D eigenvalue weighted by molar-refractivity contribution is -0.121. The summed E-state index contributed by atoms with van der Waals surface area (Å²) in [5.74, 6) is -1.35. The number of hydrogen-bond donors (Lipinski definition) is 2. The molecule has 8 heteroatoms. The first kappa shape index (κ1) is 22.9. The highest BCUT2D eigenvalue weighted by molar-refractivity contribution is 6.35. The van der Waals surface area contributed by atoms with Crippen LogP contribution in [-0.4, -0.2) is 30.1 Å². The number of ketones is 2. The zero-order chi connectivity index (χ0) is 22.7. The summed E-state index contributed by atoms with van der Waals surface area (Å²) in [5, 5.41) is 3.18. The van der Waals surface area contributed by atoms with E-state index in [4.69, 9.17) is 22.1 Å². The highest BCUT2D eigenvalue weighted by Gasteiger charge is 2.26. The first-order chi connectivity index (χ1) is 14.7. The molecule has 0 radical (unpaired) electrons. The van der Waals surface area contributed by atoms with Crippen molar-refractivity contribution < 1.29 is 23.5 Å². The molecule has 0 aliphatic carbocycles. The van der Waals surface area contributed by atoms with Gasteiger partial charge in [-0.05, 0) is 25.5 Å². The second kappa shape index (κ2) is 9.58. The fourth-order valence-corrected chi connectivity index (χ4v) is 3.95. The van der Waals surface area contributed by atoms with Crippen LogP contribution in [0, 0.1) is 5.82 Å². The Balaban J connectivity index is 1.94. The minimum atomic E-state index is -0.711. The van der Waals surface area contributed by atoms with Gasteiger partial charge in [0.2, 0.25) is 5.91 Å². The van der Waals surface area contributed by atoms with Crippen molar-refractivity contribution in [2.24, 2.45) is 5.73 Å². The molecule has 6 nitrogen and oxygen atoms in total. The minimum absolute atomic E-state index is 0.0000966. The van der Waals surface area contributed by atoms with Crippen molar-refractivity contribution in [3.63, 3.8) is 0 Å². The molecule has 0 fully saturated rings. The van der Waals surface area contributed by atoms with Crippen molar-refractivity contribution >= 4 is 29.1 Å².